The molecular weight excluding hydrogens is 400 g/mol. The second kappa shape index (κ2) is 9.98. The molecule has 1 N–H and O–H groups in total. The molecule has 0 spiro atoms. The molecule has 7 heteroatoms. The van der Waals surface area contributed by atoms with Crippen LogP contribution in [0.15, 0.2) is 42.5 Å². The molecule has 2 unspecified atom stereocenters. The molecule has 0 heterocycles. The molecule has 2 rings (SSSR count). The number of anilines is 1. The third-order valence-corrected chi connectivity index (χ3v) is 6.49. The van der Waals surface area contributed by atoms with E-state index in [1.807, 2.05) is 39.8 Å². The Morgan fingerprint density at radius 3 is 2.13 bits per heavy atom. The van der Waals surface area contributed by atoms with Crippen LogP contribution >= 0.6 is 0 Å². The van der Waals surface area contributed by atoms with Gasteiger partial charge in [0.15, 0.2) is 0 Å². The second-order valence-electron chi connectivity index (χ2n) is 7.49. The number of amides is 1. The summed E-state index contributed by atoms with van der Waals surface area (Å²) in [6.07, 6.45) is 2.16. The van der Waals surface area contributed by atoms with Crippen molar-refractivity contribution in [3.63, 3.8) is 0 Å². The molecule has 0 aliphatic carbocycles. The van der Waals surface area contributed by atoms with E-state index in [-0.39, 0.29) is 11.9 Å². The zero-order chi connectivity index (χ0) is 22.5. The van der Waals surface area contributed by atoms with Crippen LogP contribution in [0.4, 0.5) is 5.69 Å². The lowest BCUT2D eigenvalue weighted by atomic mass is 9.99. The minimum absolute atomic E-state index is 0.192. The highest BCUT2D eigenvalue weighted by molar-refractivity contribution is 7.92. The summed E-state index contributed by atoms with van der Waals surface area (Å²) in [7, 11) is -2.14. The predicted octanol–water partition coefficient (Wildman–Crippen LogP) is 4.12. The molecule has 0 aromatic heterocycles. The molecule has 0 bridgehead atoms. The monoisotopic (exact) mass is 432 g/mol. The van der Waals surface area contributed by atoms with E-state index >= 15 is 0 Å². The van der Waals surface area contributed by atoms with E-state index in [0.29, 0.717) is 24.3 Å². The van der Waals surface area contributed by atoms with Crippen molar-refractivity contribution in [2.75, 3.05) is 17.7 Å². The van der Waals surface area contributed by atoms with Crippen molar-refractivity contribution in [2.24, 2.45) is 0 Å². The van der Waals surface area contributed by atoms with Gasteiger partial charge in [-0.1, -0.05) is 32.0 Å². The van der Waals surface area contributed by atoms with Crippen LogP contribution in [0.1, 0.15) is 49.4 Å². The Morgan fingerprint density at radius 1 is 1.03 bits per heavy atom. The number of aryl methyl sites for hydroxylation is 2. The number of sulfonamides is 1. The molecule has 1 amide bonds. The van der Waals surface area contributed by atoms with Gasteiger partial charge in [-0.25, -0.2) is 8.42 Å². The van der Waals surface area contributed by atoms with Crippen LogP contribution in [-0.4, -0.2) is 33.7 Å². The number of rotatable bonds is 9. The highest BCUT2D eigenvalue weighted by atomic mass is 32.2. The molecule has 0 saturated heterocycles. The Bertz CT molecular complexity index is 971. The third-order valence-electron chi connectivity index (χ3n) is 5.31. The van der Waals surface area contributed by atoms with E-state index in [2.05, 4.69) is 11.4 Å². The summed E-state index contributed by atoms with van der Waals surface area (Å²) in [5.41, 5.74) is 3.79. The standard InChI is InChI=1S/C23H32N2O4S/c1-7-21(18-10-9-16(3)17(4)15-18)24-23(26)22(8-2)25(30(6,27)28)19-11-13-20(29-5)14-12-19/h9-15,21-22H,7-8H2,1-6H3,(H,24,26). The molecule has 0 aliphatic heterocycles. The van der Waals surface area contributed by atoms with Crippen LogP contribution < -0.4 is 14.4 Å². The van der Waals surface area contributed by atoms with Crippen LogP contribution in [0.5, 0.6) is 5.75 Å². The van der Waals surface area contributed by atoms with Crippen LogP contribution in [0, 0.1) is 13.8 Å². The van der Waals surface area contributed by atoms with E-state index in [1.54, 1.807) is 31.4 Å². The average molecular weight is 433 g/mol. The summed E-state index contributed by atoms with van der Waals surface area (Å²) < 4.78 is 31.6. The lowest BCUT2D eigenvalue weighted by Crippen LogP contribution is -2.50. The molecule has 2 aromatic rings. The fourth-order valence-electron chi connectivity index (χ4n) is 3.46. The molecule has 0 radical (unpaired) electrons. The number of hydrogen-bond acceptors (Lipinski definition) is 4. The molecule has 0 fully saturated rings. The van der Waals surface area contributed by atoms with Crippen LogP contribution in [0.25, 0.3) is 0 Å². The number of methoxy groups -OCH3 is 1. The molecule has 2 aromatic carbocycles. The van der Waals surface area contributed by atoms with Crippen molar-refractivity contribution in [1.29, 1.82) is 0 Å². The van der Waals surface area contributed by atoms with Crippen molar-refractivity contribution in [2.45, 2.75) is 52.6 Å². The Morgan fingerprint density at radius 2 is 1.67 bits per heavy atom. The second-order valence-corrected chi connectivity index (χ2v) is 9.35. The zero-order valence-corrected chi connectivity index (χ0v) is 19.4. The maximum absolute atomic E-state index is 13.2. The van der Waals surface area contributed by atoms with E-state index < -0.39 is 16.1 Å². The molecule has 164 valence electrons. The van der Waals surface area contributed by atoms with Gasteiger partial charge in [-0.15, -0.1) is 0 Å². The summed E-state index contributed by atoms with van der Waals surface area (Å²) in [4.78, 5) is 13.2. The third kappa shape index (κ3) is 5.53. The first-order valence-corrected chi connectivity index (χ1v) is 12.0. The minimum atomic E-state index is -3.68. The molecule has 30 heavy (non-hydrogen) atoms. The van der Waals surface area contributed by atoms with Gasteiger partial charge < -0.3 is 10.1 Å². The normalized spacial score (nSPS) is 13.4. The molecule has 0 aliphatic rings. The van der Waals surface area contributed by atoms with E-state index in [4.69, 9.17) is 4.74 Å². The van der Waals surface area contributed by atoms with Gasteiger partial charge in [0.05, 0.1) is 25.1 Å². The molecular formula is C23H32N2O4S. The topological polar surface area (TPSA) is 75.7 Å². The van der Waals surface area contributed by atoms with E-state index in [1.165, 1.54) is 9.87 Å². The number of carbonyl (C=O) groups excluding carboxylic acids is 1. The predicted molar refractivity (Wildman–Crippen MR) is 121 cm³/mol. The largest absolute Gasteiger partial charge is 0.497 e. The highest BCUT2D eigenvalue weighted by Gasteiger charge is 2.32. The first kappa shape index (κ1) is 23.7. The lowest BCUT2D eigenvalue weighted by Gasteiger charge is -2.31. The summed E-state index contributed by atoms with van der Waals surface area (Å²) >= 11 is 0. The number of nitrogens with zero attached hydrogens (tertiary/aromatic N) is 1. The summed E-state index contributed by atoms with van der Waals surface area (Å²) in [5, 5.41) is 3.06. The van der Waals surface area contributed by atoms with Crippen LogP contribution in [-0.2, 0) is 14.8 Å². The minimum Gasteiger partial charge on any atom is -0.497 e. The van der Waals surface area contributed by atoms with Gasteiger partial charge in [0, 0.05) is 0 Å². The van der Waals surface area contributed by atoms with Crippen molar-refractivity contribution in [1.82, 2.24) is 5.32 Å². The fourth-order valence-corrected chi connectivity index (χ4v) is 4.67. The maximum Gasteiger partial charge on any atom is 0.244 e. The SMILES string of the molecule is CCC(NC(=O)C(CC)N(c1ccc(OC)cc1)S(C)(=O)=O)c1ccc(C)c(C)c1. The van der Waals surface area contributed by atoms with Crippen LogP contribution in [0.2, 0.25) is 0 Å². The van der Waals surface area contributed by atoms with Gasteiger partial charge in [0.2, 0.25) is 15.9 Å². The van der Waals surface area contributed by atoms with Gasteiger partial charge in [0.25, 0.3) is 0 Å². The number of hydrogen-bond donors (Lipinski definition) is 1. The molecule has 6 nitrogen and oxygen atoms in total. The Labute approximate surface area is 180 Å². The Kier molecular flexibility index (Phi) is 7.89. The van der Waals surface area contributed by atoms with Gasteiger partial charge in [-0.3, -0.25) is 9.10 Å². The number of nitrogens with one attached hydrogen (secondary N) is 1. The van der Waals surface area contributed by atoms with Crippen molar-refractivity contribution < 1.29 is 17.9 Å². The summed E-state index contributed by atoms with van der Waals surface area (Å²) in [6.45, 7) is 7.89. The summed E-state index contributed by atoms with van der Waals surface area (Å²) in [6, 6.07) is 11.7. The highest BCUT2D eigenvalue weighted by Crippen LogP contribution is 2.26. The van der Waals surface area contributed by atoms with Crippen molar-refractivity contribution in [3.05, 3.63) is 59.2 Å². The van der Waals surface area contributed by atoms with Gasteiger partial charge in [-0.2, -0.15) is 0 Å². The average Bonchev–Trinajstić information content (AvgIpc) is 2.71. The van der Waals surface area contributed by atoms with Crippen LogP contribution in [0.3, 0.4) is 0 Å². The number of ether oxygens (including phenoxy) is 1. The van der Waals surface area contributed by atoms with Gasteiger partial charge >= 0.3 is 0 Å². The lowest BCUT2D eigenvalue weighted by molar-refractivity contribution is -0.123. The first-order valence-electron chi connectivity index (χ1n) is 10.1. The Hall–Kier alpha value is -2.54. The Balaban J connectivity index is 2.35. The zero-order valence-electron chi connectivity index (χ0n) is 18.6. The fraction of sp³-hybridized carbons (Fsp3) is 0.435. The van der Waals surface area contributed by atoms with Crippen molar-refractivity contribution >= 4 is 21.6 Å². The molecule has 0 saturated carbocycles. The number of benzene rings is 2. The summed E-state index contributed by atoms with van der Waals surface area (Å²) in [5.74, 6) is 0.300. The molecule has 2 atom stereocenters. The maximum atomic E-state index is 13.2. The van der Waals surface area contributed by atoms with Crippen molar-refractivity contribution in [3.8, 4) is 5.75 Å². The first-order chi connectivity index (χ1) is 14.1. The van der Waals surface area contributed by atoms with E-state index in [9.17, 15) is 13.2 Å². The smallest absolute Gasteiger partial charge is 0.244 e. The van der Waals surface area contributed by atoms with E-state index in [0.717, 1.165) is 17.4 Å². The van der Waals surface area contributed by atoms with Gasteiger partial charge in [0.1, 0.15) is 11.8 Å². The quantitative estimate of drug-likeness (QED) is 0.647. The number of carbonyl (C=O) groups is 1. The van der Waals surface area contributed by atoms with Gasteiger partial charge in [-0.05, 0) is 67.6 Å².